The maximum atomic E-state index is 12.4. The summed E-state index contributed by atoms with van der Waals surface area (Å²) < 4.78 is 5.78. The van der Waals surface area contributed by atoms with Gasteiger partial charge in [0.15, 0.2) is 5.11 Å². The maximum Gasteiger partial charge on any atom is 0.250 e. The summed E-state index contributed by atoms with van der Waals surface area (Å²) in [6.45, 7) is 0. The second-order valence-electron chi connectivity index (χ2n) is 8.77. The van der Waals surface area contributed by atoms with Crippen molar-refractivity contribution in [2.45, 2.75) is 0 Å². The summed E-state index contributed by atoms with van der Waals surface area (Å²) in [6, 6.07) is 28.4. The third-order valence-corrected chi connectivity index (χ3v) is 7.12. The molecule has 2 aromatic heterocycles. The Morgan fingerprint density at radius 3 is 2.60 bits per heavy atom. The molecule has 0 unspecified atom stereocenters. The van der Waals surface area contributed by atoms with Crippen molar-refractivity contribution in [2.75, 3.05) is 5.32 Å². The van der Waals surface area contributed by atoms with Crippen molar-refractivity contribution in [3.05, 3.63) is 113 Å². The molecule has 6 rings (SSSR count). The van der Waals surface area contributed by atoms with Gasteiger partial charge in [-0.25, -0.2) is 0 Å². The molecule has 0 aliphatic rings. The summed E-state index contributed by atoms with van der Waals surface area (Å²) in [5, 5.41) is 18.1. The molecule has 1 amide bonds. The van der Waals surface area contributed by atoms with Gasteiger partial charge in [-0.05, 0) is 72.2 Å². The normalized spacial score (nSPS) is 11.3. The number of halogens is 2. The van der Waals surface area contributed by atoms with E-state index in [-0.39, 0.29) is 5.11 Å². The lowest BCUT2D eigenvalue weighted by molar-refractivity contribution is -0.115. The highest BCUT2D eigenvalue weighted by molar-refractivity contribution is 7.80. The molecule has 0 atom stereocenters. The fraction of sp³-hybridized carbons (Fsp3) is 0. The highest BCUT2D eigenvalue weighted by Crippen LogP contribution is 2.34. The van der Waals surface area contributed by atoms with Crippen molar-refractivity contribution in [1.29, 1.82) is 0 Å². The van der Waals surface area contributed by atoms with Crippen LogP contribution in [0.1, 0.15) is 5.76 Å². The van der Waals surface area contributed by atoms with E-state index in [1.807, 2.05) is 48.5 Å². The van der Waals surface area contributed by atoms with Crippen LogP contribution in [0.2, 0.25) is 10.0 Å². The van der Waals surface area contributed by atoms with Crippen molar-refractivity contribution < 1.29 is 9.21 Å². The number of furan rings is 1. The standard InChI is InChI=1S/C30H19Cl2N5O2S/c31-23-9-4-8-22(29(23)32)27-15-12-20(39-27)13-16-28(38)34-30(40)33-19-11-14-24-25(17-19)36-37(35-24)26-10-3-6-18-5-1-2-7-21(18)26/h1-17H,(H2,33,34,38,40). The highest BCUT2D eigenvalue weighted by atomic mass is 35.5. The zero-order valence-electron chi connectivity index (χ0n) is 20.6. The van der Waals surface area contributed by atoms with Crippen molar-refractivity contribution in [2.24, 2.45) is 0 Å². The van der Waals surface area contributed by atoms with E-state index in [9.17, 15) is 4.79 Å². The van der Waals surface area contributed by atoms with Crippen LogP contribution in [0.4, 0.5) is 5.69 Å². The molecule has 4 aromatic carbocycles. The first-order chi connectivity index (χ1) is 19.4. The minimum absolute atomic E-state index is 0.140. The maximum absolute atomic E-state index is 12.4. The molecule has 40 heavy (non-hydrogen) atoms. The second-order valence-corrected chi connectivity index (χ2v) is 9.96. The van der Waals surface area contributed by atoms with Crippen LogP contribution in [0.5, 0.6) is 0 Å². The molecule has 0 saturated carbocycles. The first-order valence-corrected chi connectivity index (χ1v) is 13.3. The van der Waals surface area contributed by atoms with Crippen LogP contribution >= 0.6 is 35.4 Å². The van der Waals surface area contributed by atoms with E-state index in [2.05, 4.69) is 33.0 Å². The summed E-state index contributed by atoms with van der Waals surface area (Å²) in [7, 11) is 0. The molecule has 0 spiro atoms. The number of nitrogens with zero attached hydrogens (tertiary/aromatic N) is 3. The van der Waals surface area contributed by atoms with E-state index in [0.717, 1.165) is 22.0 Å². The molecule has 0 bridgehead atoms. The lowest BCUT2D eigenvalue weighted by Crippen LogP contribution is -2.32. The summed E-state index contributed by atoms with van der Waals surface area (Å²) >= 11 is 17.7. The number of hydrogen-bond donors (Lipinski definition) is 2. The lowest BCUT2D eigenvalue weighted by atomic mass is 10.1. The number of thiocarbonyl (C=S) groups is 1. The molecule has 0 aliphatic heterocycles. The Labute approximate surface area is 244 Å². The number of anilines is 1. The van der Waals surface area contributed by atoms with Gasteiger partial charge in [0, 0.05) is 22.7 Å². The SMILES string of the molecule is O=C(C=Cc1ccc(-c2cccc(Cl)c2Cl)o1)NC(=S)Nc1ccc2nn(-c3cccc4ccccc34)nc2c1. The molecule has 2 heterocycles. The van der Waals surface area contributed by atoms with Crippen LogP contribution in [0.15, 0.2) is 101 Å². The third kappa shape index (κ3) is 5.33. The van der Waals surface area contributed by atoms with Gasteiger partial charge in [0.2, 0.25) is 5.91 Å². The van der Waals surface area contributed by atoms with Crippen LogP contribution in [-0.2, 0) is 4.79 Å². The van der Waals surface area contributed by atoms with E-state index >= 15 is 0 Å². The first kappa shape index (κ1) is 25.8. The van der Waals surface area contributed by atoms with E-state index in [0.29, 0.717) is 38.3 Å². The average molecular weight is 584 g/mol. The van der Waals surface area contributed by atoms with E-state index in [4.69, 9.17) is 39.8 Å². The molecule has 196 valence electrons. The minimum atomic E-state index is -0.417. The molecule has 6 aromatic rings. The number of carbonyl (C=O) groups is 1. The van der Waals surface area contributed by atoms with Crippen LogP contribution in [0.3, 0.4) is 0 Å². The Morgan fingerprint density at radius 2 is 1.70 bits per heavy atom. The third-order valence-electron chi connectivity index (χ3n) is 6.10. The van der Waals surface area contributed by atoms with Gasteiger partial charge in [0.05, 0.1) is 15.7 Å². The fourth-order valence-corrected chi connectivity index (χ4v) is 4.85. The quantitative estimate of drug-likeness (QED) is 0.160. The van der Waals surface area contributed by atoms with Gasteiger partial charge >= 0.3 is 0 Å². The molecule has 0 radical (unpaired) electrons. The topological polar surface area (TPSA) is 85.0 Å². The van der Waals surface area contributed by atoms with E-state index in [1.54, 1.807) is 35.1 Å². The minimum Gasteiger partial charge on any atom is -0.457 e. The highest BCUT2D eigenvalue weighted by Gasteiger charge is 2.12. The summed E-state index contributed by atoms with van der Waals surface area (Å²) in [5.74, 6) is 0.594. The Morgan fingerprint density at radius 1 is 0.900 bits per heavy atom. The smallest absolute Gasteiger partial charge is 0.250 e. The number of fused-ring (bicyclic) bond motifs is 2. The molecule has 10 heteroatoms. The van der Waals surface area contributed by atoms with Gasteiger partial charge in [0.1, 0.15) is 22.6 Å². The molecular formula is C30H19Cl2N5O2S. The first-order valence-electron chi connectivity index (χ1n) is 12.1. The lowest BCUT2D eigenvalue weighted by Gasteiger charge is -2.07. The summed E-state index contributed by atoms with van der Waals surface area (Å²) in [5.41, 5.74) is 3.63. The predicted octanol–water partition coefficient (Wildman–Crippen LogP) is 7.67. The molecule has 2 N–H and O–H groups in total. The van der Waals surface area contributed by atoms with Gasteiger partial charge in [-0.3, -0.25) is 10.1 Å². The van der Waals surface area contributed by atoms with E-state index in [1.165, 1.54) is 12.2 Å². The van der Waals surface area contributed by atoms with Crippen molar-refractivity contribution in [3.8, 4) is 17.0 Å². The van der Waals surface area contributed by atoms with Gasteiger partial charge in [0.25, 0.3) is 0 Å². The molecular weight excluding hydrogens is 565 g/mol. The number of hydrogen-bond acceptors (Lipinski definition) is 5. The van der Waals surface area contributed by atoms with Crippen LogP contribution in [0, 0.1) is 0 Å². The average Bonchev–Trinajstić information content (AvgIpc) is 3.60. The molecule has 7 nitrogen and oxygen atoms in total. The number of amides is 1. The fourth-order valence-electron chi connectivity index (χ4n) is 4.24. The number of benzene rings is 4. The Bertz CT molecular complexity index is 1940. The predicted molar refractivity (Wildman–Crippen MR) is 164 cm³/mol. The molecule has 0 aliphatic carbocycles. The number of aromatic nitrogens is 3. The van der Waals surface area contributed by atoms with Gasteiger partial charge in [-0.15, -0.1) is 15.0 Å². The number of nitrogens with one attached hydrogen (secondary N) is 2. The monoisotopic (exact) mass is 583 g/mol. The zero-order chi connectivity index (χ0) is 27.6. The largest absolute Gasteiger partial charge is 0.457 e. The van der Waals surface area contributed by atoms with Crippen LogP contribution < -0.4 is 10.6 Å². The number of carbonyl (C=O) groups excluding carboxylic acids is 1. The van der Waals surface area contributed by atoms with Crippen molar-refractivity contribution in [1.82, 2.24) is 20.3 Å². The van der Waals surface area contributed by atoms with Gasteiger partial charge < -0.3 is 9.73 Å². The molecule has 0 saturated heterocycles. The van der Waals surface area contributed by atoms with Crippen molar-refractivity contribution >= 4 is 80.0 Å². The van der Waals surface area contributed by atoms with Crippen LogP contribution in [0.25, 0.3) is 44.9 Å². The number of rotatable bonds is 5. The Balaban J connectivity index is 1.11. The molecule has 0 fully saturated rings. The Hall–Kier alpha value is -4.50. The van der Waals surface area contributed by atoms with Gasteiger partial charge in [-0.2, -0.15) is 0 Å². The second kappa shape index (κ2) is 10.9. The Kier molecular flexibility index (Phi) is 7.04. The summed E-state index contributed by atoms with van der Waals surface area (Å²) in [4.78, 5) is 14.1. The van der Waals surface area contributed by atoms with E-state index < -0.39 is 5.91 Å². The van der Waals surface area contributed by atoms with Crippen LogP contribution in [-0.4, -0.2) is 26.0 Å². The zero-order valence-corrected chi connectivity index (χ0v) is 23.0. The van der Waals surface area contributed by atoms with Gasteiger partial charge in [-0.1, -0.05) is 65.7 Å². The van der Waals surface area contributed by atoms with Crippen molar-refractivity contribution in [3.63, 3.8) is 0 Å². The summed E-state index contributed by atoms with van der Waals surface area (Å²) in [6.07, 6.45) is 2.87.